The molecule has 0 amide bonds. The number of esters is 1. The Morgan fingerprint density at radius 2 is 2.00 bits per heavy atom. The highest BCUT2D eigenvalue weighted by atomic mass is 127. The summed E-state index contributed by atoms with van der Waals surface area (Å²) in [7, 11) is 0. The molecule has 0 bridgehead atoms. The third-order valence-corrected chi connectivity index (χ3v) is 9.79. The first-order valence-corrected chi connectivity index (χ1v) is 12.8. The molecule has 1 N–H and O–H groups in total. The minimum atomic E-state index is -2.01. The van der Waals surface area contributed by atoms with E-state index in [4.69, 9.17) is 14.2 Å². The molecule has 4 fully saturated rings. The summed E-state index contributed by atoms with van der Waals surface area (Å²) in [6.45, 7) is 6.11. The Morgan fingerprint density at radius 3 is 2.68 bits per heavy atom. The summed E-state index contributed by atoms with van der Waals surface area (Å²) in [5, 5.41) is 11.5. The summed E-state index contributed by atoms with van der Waals surface area (Å²) >= 11 is 1.99. The van der Waals surface area contributed by atoms with Crippen molar-refractivity contribution in [1.29, 1.82) is 0 Å². The quantitative estimate of drug-likeness (QED) is 0.307. The zero-order valence-corrected chi connectivity index (χ0v) is 21.9. The maximum atomic E-state index is 17.3. The van der Waals surface area contributed by atoms with E-state index in [2.05, 4.69) is 0 Å². The average molecular weight is 588 g/mol. The van der Waals surface area contributed by atoms with E-state index in [1.54, 1.807) is 19.9 Å². The molecule has 9 heteroatoms. The Kier molecular flexibility index (Phi) is 5.36. The number of aliphatic hydroxyl groups excluding tert-OH is 1. The molecule has 4 aliphatic carbocycles. The fraction of sp³-hybridized carbons (Fsp3) is 0.720. The van der Waals surface area contributed by atoms with E-state index in [1.807, 2.05) is 29.5 Å². The molecule has 0 radical (unpaired) electrons. The summed E-state index contributed by atoms with van der Waals surface area (Å²) in [4.78, 5) is 37.1. The first-order valence-electron chi connectivity index (χ1n) is 11.8. The van der Waals surface area contributed by atoms with E-state index < -0.39 is 62.4 Å². The lowest BCUT2D eigenvalue weighted by Gasteiger charge is -2.62. The van der Waals surface area contributed by atoms with Crippen molar-refractivity contribution < 1.29 is 38.1 Å². The van der Waals surface area contributed by atoms with E-state index in [1.165, 1.54) is 19.1 Å². The molecule has 34 heavy (non-hydrogen) atoms. The number of aliphatic hydroxyl groups is 1. The number of ether oxygens (including phenoxy) is 3. The van der Waals surface area contributed by atoms with Gasteiger partial charge in [-0.25, -0.2) is 4.39 Å². The van der Waals surface area contributed by atoms with Gasteiger partial charge in [-0.2, -0.15) is 0 Å². The van der Waals surface area contributed by atoms with E-state index in [-0.39, 0.29) is 18.1 Å². The smallest absolute Gasteiger partial charge is 0.303 e. The third kappa shape index (κ3) is 2.93. The zero-order valence-electron chi connectivity index (χ0n) is 19.7. The van der Waals surface area contributed by atoms with Gasteiger partial charge in [-0.1, -0.05) is 18.6 Å². The molecular formula is C25H30FIO7. The Bertz CT molecular complexity index is 1040. The van der Waals surface area contributed by atoms with Crippen molar-refractivity contribution in [1.82, 2.24) is 0 Å². The number of fused-ring (bicyclic) bond motifs is 7. The molecule has 9 atom stereocenters. The van der Waals surface area contributed by atoms with Crippen molar-refractivity contribution in [2.24, 2.45) is 22.7 Å². The van der Waals surface area contributed by atoms with Crippen LogP contribution < -0.4 is 0 Å². The fourth-order valence-corrected chi connectivity index (χ4v) is 8.55. The molecule has 0 aromatic carbocycles. The molecule has 0 spiro atoms. The highest BCUT2D eigenvalue weighted by Gasteiger charge is 2.80. The van der Waals surface area contributed by atoms with Crippen LogP contribution in [0.25, 0.3) is 0 Å². The van der Waals surface area contributed by atoms with Crippen molar-refractivity contribution in [3.05, 3.63) is 23.8 Å². The molecule has 0 aromatic heterocycles. The van der Waals surface area contributed by atoms with Crippen molar-refractivity contribution in [2.45, 2.75) is 80.6 Å². The van der Waals surface area contributed by atoms with Gasteiger partial charge < -0.3 is 19.3 Å². The maximum Gasteiger partial charge on any atom is 0.303 e. The minimum absolute atomic E-state index is 0.0201. The van der Waals surface area contributed by atoms with Gasteiger partial charge >= 0.3 is 5.97 Å². The lowest BCUT2D eigenvalue weighted by molar-refractivity contribution is -0.231. The van der Waals surface area contributed by atoms with Crippen molar-refractivity contribution in [3.63, 3.8) is 0 Å². The standard InChI is InChI=1S/C25H30FIO7/c1-13(28)32-12-19(31)25-20(33-23(4,27)34-25)10-17-16-6-5-14-9-15(29)7-8-21(14,2)24(16,26)18(30)11-22(17,25)3/h7-9,16-18,20,30H,5-6,10-12H2,1-4H3/t16?,17?,18-,20+,21-,22-,23?,24-,25+/m0/s1. The molecule has 5 aliphatic rings. The monoisotopic (exact) mass is 588 g/mol. The van der Waals surface area contributed by atoms with Gasteiger partial charge in [0, 0.05) is 23.7 Å². The number of Topliss-reactive ketones (excluding diaryl/α,β-unsaturated/α-hetero) is 1. The average Bonchev–Trinajstić information content (AvgIpc) is 3.14. The second-order valence-corrected chi connectivity index (χ2v) is 12.9. The van der Waals surface area contributed by atoms with Crippen LogP contribution in [0.2, 0.25) is 0 Å². The second-order valence-electron chi connectivity index (χ2n) is 11.0. The fourth-order valence-electron chi connectivity index (χ4n) is 7.89. The topological polar surface area (TPSA) is 99.1 Å². The number of carbonyl (C=O) groups excluding carboxylic acids is 3. The van der Waals surface area contributed by atoms with E-state index >= 15 is 4.39 Å². The zero-order chi connectivity index (χ0) is 24.9. The first-order chi connectivity index (χ1) is 15.7. The number of rotatable bonds is 3. The summed E-state index contributed by atoms with van der Waals surface area (Å²) in [5.41, 5.74) is -4.83. The lowest BCUT2D eigenvalue weighted by Crippen LogP contribution is -2.70. The number of alkyl halides is 2. The first kappa shape index (κ1) is 24.5. The molecule has 1 heterocycles. The van der Waals surface area contributed by atoms with Gasteiger partial charge in [0.25, 0.3) is 0 Å². The number of ketones is 2. The number of hydrogen-bond acceptors (Lipinski definition) is 7. The highest BCUT2D eigenvalue weighted by molar-refractivity contribution is 14.1. The van der Waals surface area contributed by atoms with Gasteiger partial charge in [-0.3, -0.25) is 14.4 Å². The molecule has 3 saturated carbocycles. The number of hydrogen-bond donors (Lipinski definition) is 1. The summed E-state index contributed by atoms with van der Waals surface area (Å²) in [6, 6.07) is 0. The van der Waals surface area contributed by atoms with Crippen LogP contribution in [0.1, 0.15) is 53.4 Å². The van der Waals surface area contributed by atoms with Crippen LogP contribution >= 0.6 is 22.6 Å². The maximum absolute atomic E-state index is 17.3. The number of carbonyl (C=O) groups is 3. The highest BCUT2D eigenvalue weighted by Crippen LogP contribution is 2.72. The third-order valence-electron chi connectivity index (χ3n) is 9.32. The Hall–Kier alpha value is -1.17. The normalized spacial score (nSPS) is 51.1. The van der Waals surface area contributed by atoms with E-state index in [0.29, 0.717) is 24.8 Å². The van der Waals surface area contributed by atoms with Crippen LogP contribution in [-0.2, 0) is 28.6 Å². The van der Waals surface area contributed by atoms with Gasteiger partial charge in [0.1, 0.15) is 0 Å². The van der Waals surface area contributed by atoms with Gasteiger partial charge in [0.2, 0.25) is 9.58 Å². The summed E-state index contributed by atoms with van der Waals surface area (Å²) in [5.74, 6) is -2.07. The van der Waals surface area contributed by atoms with E-state index in [0.717, 1.165) is 0 Å². The van der Waals surface area contributed by atoms with Crippen LogP contribution in [0.3, 0.4) is 0 Å². The lowest BCUT2D eigenvalue weighted by atomic mass is 9.44. The molecule has 0 aromatic rings. The van der Waals surface area contributed by atoms with Crippen molar-refractivity contribution in [3.8, 4) is 0 Å². The van der Waals surface area contributed by atoms with Gasteiger partial charge in [0.05, 0.1) is 12.2 Å². The van der Waals surface area contributed by atoms with Crippen LogP contribution in [0.5, 0.6) is 0 Å². The molecule has 3 unspecified atom stereocenters. The Balaban J connectivity index is 1.60. The van der Waals surface area contributed by atoms with Gasteiger partial charge in [-0.15, -0.1) is 0 Å². The number of halogens is 2. The molecule has 186 valence electrons. The summed E-state index contributed by atoms with van der Waals surface area (Å²) in [6.07, 6.45) is 3.78. The second kappa shape index (κ2) is 7.43. The minimum Gasteiger partial charge on any atom is -0.458 e. The predicted molar refractivity (Wildman–Crippen MR) is 126 cm³/mol. The number of allylic oxidation sites excluding steroid dienone is 4. The molecular weight excluding hydrogens is 558 g/mol. The predicted octanol–water partition coefficient (Wildman–Crippen LogP) is 3.36. The van der Waals surface area contributed by atoms with Crippen molar-refractivity contribution >= 4 is 40.1 Å². The molecule has 7 nitrogen and oxygen atoms in total. The van der Waals surface area contributed by atoms with Crippen LogP contribution in [0.4, 0.5) is 4.39 Å². The summed E-state index contributed by atoms with van der Waals surface area (Å²) < 4.78 is 33.8. The molecule has 1 aliphatic heterocycles. The van der Waals surface area contributed by atoms with Crippen LogP contribution in [-0.4, -0.2) is 56.5 Å². The van der Waals surface area contributed by atoms with Crippen molar-refractivity contribution in [2.75, 3.05) is 6.61 Å². The largest absolute Gasteiger partial charge is 0.458 e. The SMILES string of the molecule is CC(=O)OCC(=O)[C@@]12OC(C)(I)O[C@@H]1CC1C3CCC4=CC(=O)C=C[C@]4(C)[C@@]3(F)[C@@H](O)C[C@@]12C. The van der Waals surface area contributed by atoms with Crippen LogP contribution in [0.15, 0.2) is 23.8 Å². The van der Waals surface area contributed by atoms with E-state index in [9.17, 15) is 19.5 Å². The Labute approximate surface area is 211 Å². The van der Waals surface area contributed by atoms with Gasteiger partial charge in [-0.05, 0) is 80.2 Å². The van der Waals surface area contributed by atoms with Gasteiger partial charge in [0.15, 0.2) is 23.7 Å². The molecule has 1 saturated heterocycles. The molecule has 5 rings (SSSR count). The van der Waals surface area contributed by atoms with Crippen LogP contribution in [0, 0.1) is 22.7 Å². The Morgan fingerprint density at radius 1 is 1.29 bits per heavy atom.